The van der Waals surface area contributed by atoms with Gasteiger partial charge in [0.25, 0.3) is 5.56 Å². The molecule has 3 aromatic heterocycles. The first-order valence-electron chi connectivity index (χ1n) is 8.16. The van der Waals surface area contributed by atoms with Crippen molar-refractivity contribution in [2.45, 2.75) is 26.3 Å². The molecule has 3 aromatic rings. The van der Waals surface area contributed by atoms with E-state index in [4.69, 9.17) is 0 Å². The molecule has 0 saturated heterocycles. The van der Waals surface area contributed by atoms with Gasteiger partial charge in [-0.15, -0.1) is 11.3 Å². The number of aryl methyl sites for hydroxylation is 1. The highest BCUT2D eigenvalue weighted by Crippen LogP contribution is 2.26. The summed E-state index contributed by atoms with van der Waals surface area (Å²) in [7, 11) is 0. The first kappa shape index (κ1) is 17.9. The lowest BCUT2D eigenvalue weighted by Gasteiger charge is -2.14. The quantitative estimate of drug-likeness (QED) is 0.697. The molecule has 0 aliphatic heterocycles. The van der Waals surface area contributed by atoms with Crippen molar-refractivity contribution >= 4 is 17.3 Å². The van der Waals surface area contributed by atoms with Gasteiger partial charge in [-0.05, 0) is 49.7 Å². The maximum atomic E-state index is 12.6. The van der Waals surface area contributed by atoms with Gasteiger partial charge in [-0.3, -0.25) is 14.6 Å². The van der Waals surface area contributed by atoms with Crippen LogP contribution in [0.25, 0.3) is 10.6 Å². The summed E-state index contributed by atoms with van der Waals surface area (Å²) < 4.78 is 1.35. The zero-order valence-electron chi connectivity index (χ0n) is 14.5. The molecule has 3 rings (SSSR count). The zero-order valence-corrected chi connectivity index (χ0v) is 15.3. The minimum Gasteiger partial charge on any atom is -0.481 e. The topological polar surface area (TPSA) is 84.2 Å². The zero-order chi connectivity index (χ0) is 18.7. The third-order valence-electron chi connectivity index (χ3n) is 4.15. The number of nitrogens with one attached hydrogen (secondary N) is 1. The molecule has 0 spiro atoms. The van der Waals surface area contributed by atoms with Crippen LogP contribution in [-0.2, 0) is 11.3 Å². The molecular formula is C19H19N3O3S. The van der Waals surface area contributed by atoms with Crippen LogP contribution in [0.15, 0.2) is 53.6 Å². The number of aromatic nitrogens is 2. The first-order valence-corrected chi connectivity index (χ1v) is 8.98. The summed E-state index contributed by atoms with van der Waals surface area (Å²) in [6.07, 6.45) is 3.38. The highest BCUT2D eigenvalue weighted by Gasteiger charge is 2.20. The van der Waals surface area contributed by atoms with Crippen LogP contribution in [0.1, 0.15) is 28.8 Å². The number of aliphatic carboxylic acids is 1. The van der Waals surface area contributed by atoms with E-state index in [1.54, 1.807) is 36.7 Å². The molecule has 3 heterocycles. The van der Waals surface area contributed by atoms with Crippen LogP contribution in [0.4, 0.5) is 0 Å². The molecule has 6 nitrogen and oxygen atoms in total. The number of carboxylic acids is 1. The maximum Gasteiger partial charge on any atom is 0.310 e. The number of rotatable bonds is 6. The van der Waals surface area contributed by atoms with Gasteiger partial charge < -0.3 is 10.5 Å². The average molecular weight is 369 g/mol. The van der Waals surface area contributed by atoms with Crippen LogP contribution in [0.5, 0.6) is 0 Å². The summed E-state index contributed by atoms with van der Waals surface area (Å²) >= 11 is 1.60. The first-order chi connectivity index (χ1) is 12.5. The molecule has 0 bridgehead atoms. The number of nitrogens with zero attached hydrogens (tertiary/aromatic N) is 2. The molecule has 0 amide bonds. The molecule has 1 unspecified atom stereocenters. The summed E-state index contributed by atoms with van der Waals surface area (Å²) in [5.41, 5.74) is 4.61. The van der Waals surface area contributed by atoms with Crippen LogP contribution in [-0.4, -0.2) is 20.7 Å². The Morgan fingerprint density at radius 1 is 1.31 bits per heavy atom. The third kappa shape index (κ3) is 3.67. The largest absolute Gasteiger partial charge is 0.481 e. The van der Waals surface area contributed by atoms with Gasteiger partial charge in [-0.1, -0.05) is 6.07 Å². The van der Waals surface area contributed by atoms with Crippen molar-refractivity contribution in [3.8, 4) is 10.6 Å². The fourth-order valence-electron chi connectivity index (χ4n) is 2.70. The molecule has 26 heavy (non-hydrogen) atoms. The van der Waals surface area contributed by atoms with E-state index < -0.39 is 11.9 Å². The SMILES string of the molecule is Cc1ccn(NCc2ccc(-c3ccccn3)s2)c(=O)c1C(C)C(=O)O. The van der Waals surface area contributed by atoms with Crippen LogP contribution in [0.3, 0.4) is 0 Å². The molecule has 0 fully saturated rings. The van der Waals surface area contributed by atoms with E-state index in [1.165, 1.54) is 11.6 Å². The number of hydrogen-bond donors (Lipinski definition) is 2. The lowest BCUT2D eigenvalue weighted by Crippen LogP contribution is -2.33. The fraction of sp³-hybridized carbons (Fsp3) is 0.211. The number of hydrogen-bond acceptors (Lipinski definition) is 5. The van der Waals surface area contributed by atoms with Gasteiger partial charge in [0.2, 0.25) is 0 Å². The summed E-state index contributed by atoms with van der Waals surface area (Å²) in [6.45, 7) is 3.73. The van der Waals surface area contributed by atoms with Crippen LogP contribution >= 0.6 is 11.3 Å². The highest BCUT2D eigenvalue weighted by atomic mass is 32.1. The van der Waals surface area contributed by atoms with E-state index in [1.807, 2.05) is 30.3 Å². The van der Waals surface area contributed by atoms with E-state index in [2.05, 4.69) is 10.4 Å². The van der Waals surface area contributed by atoms with Gasteiger partial charge in [0, 0.05) is 22.8 Å². The predicted molar refractivity (Wildman–Crippen MR) is 102 cm³/mol. The molecular weight excluding hydrogens is 350 g/mol. The van der Waals surface area contributed by atoms with Crippen molar-refractivity contribution in [3.05, 3.63) is 75.1 Å². The summed E-state index contributed by atoms with van der Waals surface area (Å²) in [6, 6.07) is 11.5. The maximum absolute atomic E-state index is 12.6. The van der Waals surface area contributed by atoms with Crippen molar-refractivity contribution in [1.82, 2.24) is 9.66 Å². The molecule has 0 aliphatic rings. The molecule has 0 aromatic carbocycles. The Labute approximate surface area is 154 Å². The third-order valence-corrected chi connectivity index (χ3v) is 5.26. The van der Waals surface area contributed by atoms with E-state index in [0.29, 0.717) is 17.7 Å². The van der Waals surface area contributed by atoms with Crippen LogP contribution in [0.2, 0.25) is 0 Å². The molecule has 0 aliphatic carbocycles. The molecule has 0 radical (unpaired) electrons. The molecule has 134 valence electrons. The molecule has 2 N–H and O–H groups in total. The Morgan fingerprint density at radius 3 is 2.81 bits per heavy atom. The number of carbonyl (C=O) groups is 1. The normalized spacial score (nSPS) is 11.9. The second-order valence-electron chi connectivity index (χ2n) is 5.96. The number of thiophene rings is 1. The van der Waals surface area contributed by atoms with E-state index in [9.17, 15) is 14.7 Å². The van der Waals surface area contributed by atoms with Gasteiger partial charge in [-0.2, -0.15) is 0 Å². The van der Waals surface area contributed by atoms with Crippen LogP contribution < -0.4 is 11.0 Å². The van der Waals surface area contributed by atoms with Gasteiger partial charge in [0.15, 0.2) is 0 Å². The molecule has 7 heteroatoms. The Hall–Kier alpha value is -2.93. The van der Waals surface area contributed by atoms with Gasteiger partial charge >= 0.3 is 5.97 Å². The minimum atomic E-state index is -1.01. The summed E-state index contributed by atoms with van der Waals surface area (Å²) in [4.78, 5) is 30.3. The van der Waals surface area contributed by atoms with Crippen molar-refractivity contribution < 1.29 is 9.90 Å². The van der Waals surface area contributed by atoms with Crippen molar-refractivity contribution in [3.63, 3.8) is 0 Å². The highest BCUT2D eigenvalue weighted by molar-refractivity contribution is 7.15. The lowest BCUT2D eigenvalue weighted by molar-refractivity contribution is -0.138. The Balaban J connectivity index is 1.79. The Morgan fingerprint density at radius 2 is 2.12 bits per heavy atom. The van der Waals surface area contributed by atoms with E-state index >= 15 is 0 Å². The van der Waals surface area contributed by atoms with Crippen molar-refractivity contribution in [1.29, 1.82) is 0 Å². The van der Waals surface area contributed by atoms with Gasteiger partial charge in [0.1, 0.15) is 0 Å². The van der Waals surface area contributed by atoms with Gasteiger partial charge in [0.05, 0.1) is 23.0 Å². The molecule has 1 atom stereocenters. The number of carboxylic acid groups (broad SMARTS) is 1. The second-order valence-corrected chi connectivity index (χ2v) is 7.13. The fourth-order valence-corrected chi connectivity index (χ4v) is 3.62. The smallest absolute Gasteiger partial charge is 0.310 e. The van der Waals surface area contributed by atoms with E-state index in [-0.39, 0.29) is 5.56 Å². The summed E-state index contributed by atoms with van der Waals surface area (Å²) in [5, 5.41) is 9.22. The van der Waals surface area contributed by atoms with Crippen molar-refractivity contribution in [2.24, 2.45) is 0 Å². The Kier molecular flexibility index (Phi) is 5.18. The lowest BCUT2D eigenvalue weighted by atomic mass is 9.99. The minimum absolute atomic E-state index is 0.299. The number of pyridine rings is 2. The average Bonchev–Trinajstić information content (AvgIpc) is 3.10. The van der Waals surface area contributed by atoms with Crippen molar-refractivity contribution in [2.75, 3.05) is 5.43 Å². The Bertz CT molecular complexity index is 979. The predicted octanol–water partition coefficient (Wildman–Crippen LogP) is 3.21. The second kappa shape index (κ2) is 7.53. The summed E-state index contributed by atoms with van der Waals surface area (Å²) in [5.74, 6) is -1.87. The van der Waals surface area contributed by atoms with E-state index in [0.717, 1.165) is 15.4 Å². The monoisotopic (exact) mass is 369 g/mol. The standard InChI is InChI=1S/C19H19N3O3S/c1-12-8-10-22(18(23)17(12)13(2)19(24)25)21-11-14-6-7-16(26-14)15-5-3-4-9-20-15/h3-10,13,21H,11H2,1-2H3,(H,24,25). The molecule has 0 saturated carbocycles. The van der Waals surface area contributed by atoms with Crippen LogP contribution in [0, 0.1) is 6.92 Å². The van der Waals surface area contributed by atoms with Gasteiger partial charge in [-0.25, -0.2) is 4.68 Å².